The summed E-state index contributed by atoms with van der Waals surface area (Å²) in [6.45, 7) is 4.89. The number of rotatable bonds is 25. The first-order chi connectivity index (χ1) is 39.4. The van der Waals surface area contributed by atoms with Crippen molar-refractivity contribution >= 4 is 53.0 Å². The van der Waals surface area contributed by atoms with Crippen LogP contribution in [0, 0.1) is 11.8 Å². The summed E-state index contributed by atoms with van der Waals surface area (Å²) in [5.41, 5.74) is 27.2. The topological polar surface area (TPSA) is 374 Å². The van der Waals surface area contributed by atoms with Crippen molar-refractivity contribution in [2.75, 3.05) is 32.7 Å². The molecular formula is C60H90N12O10. The molecular weight excluding hydrogens is 1050 g/mol. The normalized spacial score (nSPS) is 21.9. The molecule has 22 heteroatoms. The van der Waals surface area contributed by atoms with E-state index in [9.17, 15) is 48.3 Å². The molecule has 1 aliphatic heterocycles. The van der Waals surface area contributed by atoms with E-state index >= 15 is 0 Å². The second kappa shape index (κ2) is 36.4. The van der Waals surface area contributed by atoms with Crippen LogP contribution in [-0.2, 0) is 56.0 Å². The van der Waals surface area contributed by atoms with Crippen LogP contribution in [0.25, 0.3) is 11.1 Å². The molecule has 1 saturated heterocycles. The summed E-state index contributed by atoms with van der Waals surface area (Å²) in [5.74, 6) is -7.86. The molecule has 450 valence electrons. The van der Waals surface area contributed by atoms with Gasteiger partial charge in [0.2, 0.25) is 47.3 Å². The zero-order chi connectivity index (χ0) is 60.0. The van der Waals surface area contributed by atoms with Crippen molar-refractivity contribution in [3.63, 3.8) is 0 Å². The minimum absolute atomic E-state index is 0.0523. The molecule has 4 rings (SSSR count). The predicted molar refractivity (Wildman–Crippen MR) is 314 cm³/mol. The van der Waals surface area contributed by atoms with Gasteiger partial charge in [-0.2, -0.15) is 0 Å². The summed E-state index contributed by atoms with van der Waals surface area (Å²) >= 11 is 0. The van der Waals surface area contributed by atoms with Gasteiger partial charge >= 0.3 is 0 Å². The number of ketones is 1. The van der Waals surface area contributed by atoms with Gasteiger partial charge in [0.1, 0.15) is 36.3 Å². The summed E-state index contributed by atoms with van der Waals surface area (Å²) in [6.07, 6.45) is 3.02. The summed E-state index contributed by atoms with van der Waals surface area (Å²) in [5, 5.41) is 32.4. The minimum Gasteiger partial charge on any atom is -0.393 e. The number of nitrogens with one attached hydrogen (secondary N) is 8. The first-order valence-corrected chi connectivity index (χ1v) is 29.0. The second-order valence-corrected chi connectivity index (χ2v) is 21.5. The highest BCUT2D eigenvalue weighted by Crippen LogP contribution is 2.21. The fourth-order valence-corrected chi connectivity index (χ4v) is 9.67. The van der Waals surface area contributed by atoms with Crippen molar-refractivity contribution < 1.29 is 48.3 Å². The highest BCUT2D eigenvalue weighted by Gasteiger charge is 2.36. The lowest BCUT2D eigenvalue weighted by atomic mass is 9.91. The molecule has 17 N–H and O–H groups in total. The quantitative estimate of drug-likeness (QED) is 0.0522. The summed E-state index contributed by atoms with van der Waals surface area (Å²) in [7, 11) is 0. The van der Waals surface area contributed by atoms with Crippen LogP contribution < -0.4 is 65.5 Å². The van der Waals surface area contributed by atoms with E-state index in [-0.39, 0.29) is 90.0 Å². The van der Waals surface area contributed by atoms with Gasteiger partial charge in [-0.1, -0.05) is 138 Å². The van der Waals surface area contributed by atoms with Gasteiger partial charge in [-0.15, -0.1) is 0 Å². The van der Waals surface area contributed by atoms with E-state index in [1.807, 2.05) is 56.3 Å². The lowest BCUT2D eigenvalue weighted by Crippen LogP contribution is -2.61. The smallest absolute Gasteiger partial charge is 0.243 e. The summed E-state index contributed by atoms with van der Waals surface area (Å²) in [4.78, 5) is 128. The number of nitrogens with two attached hydrogens (primary N) is 4. The first kappa shape index (κ1) is 67.4. The molecule has 0 aromatic heterocycles. The standard InChI is InChI=1S/C60H90N12O10/c1-4-5-6-7-14-19-44(73)36-53(75)66-45(24-28-61)55(77)69-48-27-31-65-54(76)43(33-39-15-10-8-11-16-39)35-52(74)51(37-64)72-57(79)47(26-30-63)68-59(81)49(32-38(2)3)70-60(82)50(71-56(78)46(25-29-62)67-58(48)80)34-40-20-22-42(23-21-40)41-17-12-9-13-18-41/h8-13,15-18,20-23,38,43-51,73H,4-7,14,19,24-37,61-64H2,1-3H3,(H,65,76)(H,66,75)(H,67,80)(H,68,81)(H,69,77)(H,70,82)(H,71,78)(H,72,79)/t43-,44-,45-,46+,47+,48+,49+,50-,51+/m1/s1. The van der Waals surface area contributed by atoms with Crippen molar-refractivity contribution in [2.45, 2.75) is 165 Å². The van der Waals surface area contributed by atoms with Crippen LogP contribution in [0.5, 0.6) is 0 Å². The van der Waals surface area contributed by atoms with Gasteiger partial charge < -0.3 is 70.6 Å². The summed E-state index contributed by atoms with van der Waals surface area (Å²) < 4.78 is 0. The Morgan fingerprint density at radius 1 is 0.598 bits per heavy atom. The molecule has 0 unspecified atom stereocenters. The van der Waals surface area contributed by atoms with Gasteiger partial charge in [-0.25, -0.2) is 0 Å². The summed E-state index contributed by atoms with van der Waals surface area (Å²) in [6, 6.07) is 16.4. The lowest BCUT2D eigenvalue weighted by Gasteiger charge is -2.28. The van der Waals surface area contributed by atoms with Gasteiger partial charge in [0.05, 0.1) is 18.6 Å². The van der Waals surface area contributed by atoms with Gasteiger partial charge in [0, 0.05) is 31.8 Å². The van der Waals surface area contributed by atoms with E-state index in [0.29, 0.717) is 17.5 Å². The Kier molecular flexibility index (Phi) is 29.9. The van der Waals surface area contributed by atoms with E-state index in [0.717, 1.165) is 43.2 Å². The molecule has 8 amide bonds. The number of Topliss-reactive ketones (excluding diaryl/α,β-unsaturated/α-hetero) is 1. The molecule has 82 heavy (non-hydrogen) atoms. The molecule has 1 fully saturated rings. The van der Waals surface area contributed by atoms with Crippen molar-refractivity contribution in [1.82, 2.24) is 42.5 Å². The number of hydrogen-bond acceptors (Lipinski definition) is 14. The number of carbonyl (C=O) groups excluding carboxylic acids is 9. The van der Waals surface area contributed by atoms with Crippen molar-refractivity contribution in [2.24, 2.45) is 34.8 Å². The SMILES string of the molecule is CCCCCCC[C@@H](O)CC(=O)N[C@H](CCN)C(=O)N[C@H]1CCNC(=O)[C@H](Cc2ccccc2)CC(=O)[C@H](CN)NC(=O)[C@H](CCN)NC(=O)[C@H](CC(C)C)NC(=O)[C@@H](Cc2ccc(-c3ccccc3)cc2)NC(=O)[C@H](CCN)NC1=O. The van der Waals surface area contributed by atoms with Gasteiger partial charge in [-0.05, 0) is 92.8 Å². The van der Waals surface area contributed by atoms with E-state index in [4.69, 9.17) is 22.9 Å². The number of unbranched alkanes of at least 4 members (excludes halogenated alkanes) is 4. The van der Waals surface area contributed by atoms with Crippen molar-refractivity contribution in [3.05, 3.63) is 96.1 Å². The number of amides is 8. The zero-order valence-electron chi connectivity index (χ0n) is 47.9. The minimum atomic E-state index is -1.49. The zero-order valence-corrected chi connectivity index (χ0v) is 47.9. The molecule has 3 aromatic carbocycles. The Hall–Kier alpha value is -7.11. The molecule has 22 nitrogen and oxygen atoms in total. The average molecular weight is 1140 g/mol. The Bertz CT molecular complexity index is 2500. The maximum Gasteiger partial charge on any atom is 0.243 e. The number of aliphatic hydroxyl groups is 1. The van der Waals surface area contributed by atoms with Crippen LogP contribution in [0.4, 0.5) is 0 Å². The third kappa shape index (κ3) is 23.4. The van der Waals surface area contributed by atoms with Crippen molar-refractivity contribution in [3.8, 4) is 11.1 Å². The molecule has 0 saturated carbocycles. The number of hydrogen-bond donors (Lipinski definition) is 13. The monoisotopic (exact) mass is 1140 g/mol. The largest absolute Gasteiger partial charge is 0.393 e. The van der Waals surface area contributed by atoms with E-state index in [2.05, 4.69) is 49.5 Å². The first-order valence-electron chi connectivity index (χ1n) is 29.0. The average Bonchev–Trinajstić information content (AvgIpc) is 3.49. The third-order valence-corrected chi connectivity index (χ3v) is 14.3. The van der Waals surface area contributed by atoms with Crippen LogP contribution in [0.3, 0.4) is 0 Å². The Balaban J connectivity index is 1.77. The Morgan fingerprint density at radius 3 is 1.73 bits per heavy atom. The molecule has 1 aliphatic rings. The lowest BCUT2D eigenvalue weighted by molar-refractivity contribution is -0.136. The van der Waals surface area contributed by atoms with Crippen LogP contribution in [-0.4, -0.2) is 139 Å². The van der Waals surface area contributed by atoms with Crippen LogP contribution >= 0.6 is 0 Å². The van der Waals surface area contributed by atoms with Crippen LogP contribution in [0.1, 0.15) is 115 Å². The van der Waals surface area contributed by atoms with E-state index in [1.54, 1.807) is 42.5 Å². The van der Waals surface area contributed by atoms with E-state index < -0.39 is 114 Å². The fraction of sp³-hybridized carbons (Fsp3) is 0.550. The predicted octanol–water partition coefficient (Wildman–Crippen LogP) is 0.790. The highest BCUT2D eigenvalue weighted by molar-refractivity contribution is 5.98. The highest BCUT2D eigenvalue weighted by atomic mass is 16.3. The molecule has 3 aromatic rings. The third-order valence-electron chi connectivity index (χ3n) is 14.3. The van der Waals surface area contributed by atoms with Gasteiger partial charge in [0.15, 0.2) is 5.78 Å². The van der Waals surface area contributed by atoms with Crippen LogP contribution in [0.2, 0.25) is 0 Å². The maximum absolute atomic E-state index is 14.7. The number of aliphatic hydroxyl groups excluding tert-OH is 1. The molecule has 0 aliphatic carbocycles. The van der Waals surface area contributed by atoms with Crippen molar-refractivity contribution in [1.29, 1.82) is 0 Å². The maximum atomic E-state index is 14.7. The number of carbonyl (C=O) groups is 9. The Morgan fingerprint density at radius 2 is 1.13 bits per heavy atom. The van der Waals surface area contributed by atoms with Gasteiger partial charge in [-0.3, -0.25) is 43.2 Å². The molecule has 0 spiro atoms. The number of benzene rings is 3. The molecule has 0 radical (unpaired) electrons. The molecule has 1 heterocycles. The van der Waals surface area contributed by atoms with Crippen LogP contribution in [0.15, 0.2) is 84.9 Å². The van der Waals surface area contributed by atoms with E-state index in [1.165, 1.54) is 0 Å². The second-order valence-electron chi connectivity index (χ2n) is 21.5. The Labute approximate surface area is 482 Å². The fourth-order valence-electron chi connectivity index (χ4n) is 9.67. The van der Waals surface area contributed by atoms with Gasteiger partial charge in [0.25, 0.3) is 0 Å². The molecule has 9 atom stereocenters. The molecule has 0 bridgehead atoms.